The van der Waals surface area contributed by atoms with Gasteiger partial charge in [-0.2, -0.15) is 5.26 Å². The highest BCUT2D eigenvalue weighted by Crippen LogP contribution is 2.57. The molecule has 2 nitrogen and oxygen atoms in total. The summed E-state index contributed by atoms with van der Waals surface area (Å²) in [6.07, 6.45) is 0. The first kappa shape index (κ1) is 27.0. The summed E-state index contributed by atoms with van der Waals surface area (Å²) in [7, 11) is 0. The molecule has 0 saturated heterocycles. The van der Waals surface area contributed by atoms with E-state index in [-0.39, 0.29) is 0 Å². The Hall–Kier alpha value is -6.30. The van der Waals surface area contributed by atoms with Crippen molar-refractivity contribution < 1.29 is 0 Å². The van der Waals surface area contributed by atoms with Crippen LogP contribution in [-0.4, -0.2) is 4.98 Å². The molecule has 0 N–H and O–H groups in total. The van der Waals surface area contributed by atoms with Crippen LogP contribution in [0, 0.1) is 11.3 Å². The van der Waals surface area contributed by atoms with Crippen molar-refractivity contribution in [3.05, 3.63) is 198 Å². The Kier molecular flexibility index (Phi) is 6.13. The van der Waals surface area contributed by atoms with E-state index in [1.54, 1.807) is 0 Å². The van der Waals surface area contributed by atoms with E-state index < -0.39 is 5.41 Å². The zero-order valence-electron chi connectivity index (χ0n) is 25.6. The van der Waals surface area contributed by atoms with Gasteiger partial charge in [0.15, 0.2) is 0 Å². The first-order valence-electron chi connectivity index (χ1n) is 15.9. The molecule has 0 bridgehead atoms. The number of aromatic nitrogens is 1. The lowest BCUT2D eigenvalue weighted by molar-refractivity contribution is 0.769. The summed E-state index contributed by atoms with van der Waals surface area (Å²) in [5, 5.41) is 12.7. The normalized spacial score (nSPS) is 12.8. The predicted molar refractivity (Wildman–Crippen MR) is 192 cm³/mol. The molecule has 7 aromatic carbocycles. The van der Waals surface area contributed by atoms with Crippen LogP contribution >= 0.6 is 0 Å². The first-order valence-corrected chi connectivity index (χ1v) is 15.9. The van der Waals surface area contributed by atoms with Crippen LogP contribution in [0.1, 0.15) is 27.8 Å². The molecular formula is C45H28N2. The van der Waals surface area contributed by atoms with Crippen LogP contribution in [-0.2, 0) is 5.41 Å². The maximum atomic E-state index is 9.22. The second-order valence-electron chi connectivity index (χ2n) is 12.2. The number of nitrogens with zero attached hydrogens (tertiary/aromatic N) is 2. The van der Waals surface area contributed by atoms with E-state index in [9.17, 15) is 5.26 Å². The van der Waals surface area contributed by atoms with Gasteiger partial charge in [0.1, 0.15) is 0 Å². The number of fused-ring (bicyclic) bond motifs is 6. The van der Waals surface area contributed by atoms with Gasteiger partial charge in [-0.25, -0.2) is 4.98 Å². The SMILES string of the molecule is N#Cc1ccc(-c2ccc(-c3nc4ccccc4c4cc5c(cc34)-c3ccccc3C5(c3ccccc3)c3ccccc3)cc2)cc1. The van der Waals surface area contributed by atoms with Crippen molar-refractivity contribution in [1.29, 1.82) is 5.26 Å². The van der Waals surface area contributed by atoms with Gasteiger partial charge in [0.25, 0.3) is 0 Å². The zero-order valence-corrected chi connectivity index (χ0v) is 25.6. The second-order valence-corrected chi connectivity index (χ2v) is 12.2. The molecule has 47 heavy (non-hydrogen) atoms. The van der Waals surface area contributed by atoms with E-state index in [4.69, 9.17) is 4.98 Å². The van der Waals surface area contributed by atoms with Crippen molar-refractivity contribution in [3.8, 4) is 39.6 Å². The Balaban J connectivity index is 1.33. The monoisotopic (exact) mass is 596 g/mol. The zero-order chi connectivity index (χ0) is 31.4. The molecule has 1 aromatic heterocycles. The molecule has 2 heteroatoms. The van der Waals surface area contributed by atoms with E-state index >= 15 is 0 Å². The van der Waals surface area contributed by atoms with Crippen molar-refractivity contribution in [2.75, 3.05) is 0 Å². The summed E-state index contributed by atoms with van der Waals surface area (Å²) in [5.74, 6) is 0. The van der Waals surface area contributed by atoms with Crippen LogP contribution < -0.4 is 0 Å². The molecule has 0 atom stereocenters. The molecule has 218 valence electrons. The fourth-order valence-corrected chi connectivity index (χ4v) is 7.66. The standard InChI is InChI=1S/C45H28N2/c46-29-30-19-21-31(22-20-30)32-23-25-33(26-24-32)44-40-27-39-36-15-7-9-17-41(36)45(34-11-3-1-4-12-34,35-13-5-2-6-14-35)42(39)28-38(40)37-16-8-10-18-43(37)47-44/h1-28H. The summed E-state index contributed by atoms with van der Waals surface area (Å²) in [6.45, 7) is 0. The Morgan fingerprint density at radius 2 is 1.02 bits per heavy atom. The molecule has 8 aromatic rings. The van der Waals surface area contributed by atoms with E-state index in [1.165, 1.54) is 38.8 Å². The van der Waals surface area contributed by atoms with Gasteiger partial charge in [-0.1, -0.05) is 140 Å². The van der Waals surface area contributed by atoms with Crippen LogP contribution in [0.2, 0.25) is 0 Å². The highest BCUT2D eigenvalue weighted by molar-refractivity contribution is 6.13. The maximum absolute atomic E-state index is 9.22. The van der Waals surface area contributed by atoms with Gasteiger partial charge in [0.05, 0.1) is 28.3 Å². The van der Waals surface area contributed by atoms with Crippen LogP contribution in [0.25, 0.3) is 55.2 Å². The third kappa shape index (κ3) is 4.07. The van der Waals surface area contributed by atoms with Gasteiger partial charge in [0.2, 0.25) is 0 Å². The molecule has 9 rings (SSSR count). The number of nitriles is 1. The molecule has 1 heterocycles. The average Bonchev–Trinajstić information content (AvgIpc) is 3.45. The van der Waals surface area contributed by atoms with Crippen molar-refractivity contribution in [1.82, 2.24) is 4.98 Å². The summed E-state index contributed by atoms with van der Waals surface area (Å²) < 4.78 is 0. The molecule has 1 aliphatic rings. The van der Waals surface area contributed by atoms with Crippen LogP contribution in [0.4, 0.5) is 0 Å². The predicted octanol–water partition coefficient (Wildman–Crippen LogP) is 11.0. The number of benzene rings is 7. The lowest BCUT2D eigenvalue weighted by Gasteiger charge is -2.34. The molecule has 0 spiro atoms. The summed E-state index contributed by atoms with van der Waals surface area (Å²) in [6, 6.07) is 62.7. The van der Waals surface area contributed by atoms with Crippen molar-refractivity contribution in [2.45, 2.75) is 5.41 Å². The number of pyridine rings is 1. The molecular weight excluding hydrogens is 569 g/mol. The molecule has 0 fully saturated rings. The van der Waals surface area contributed by atoms with Crippen LogP contribution in [0.15, 0.2) is 170 Å². The molecule has 0 amide bonds. The minimum atomic E-state index is -0.462. The summed E-state index contributed by atoms with van der Waals surface area (Å²) in [4.78, 5) is 5.30. The minimum absolute atomic E-state index is 0.462. The Morgan fingerprint density at radius 3 is 1.70 bits per heavy atom. The molecule has 0 saturated carbocycles. The van der Waals surface area contributed by atoms with E-state index in [1.807, 2.05) is 24.3 Å². The van der Waals surface area contributed by atoms with Gasteiger partial charge in [0, 0.05) is 16.3 Å². The van der Waals surface area contributed by atoms with Crippen LogP contribution in [0.5, 0.6) is 0 Å². The van der Waals surface area contributed by atoms with Gasteiger partial charge < -0.3 is 0 Å². The van der Waals surface area contributed by atoms with Gasteiger partial charge in [-0.15, -0.1) is 0 Å². The van der Waals surface area contributed by atoms with E-state index in [0.717, 1.165) is 38.7 Å². The number of hydrogen-bond donors (Lipinski definition) is 0. The summed E-state index contributed by atoms with van der Waals surface area (Å²) >= 11 is 0. The Bertz CT molecular complexity index is 2450. The average molecular weight is 597 g/mol. The smallest absolute Gasteiger partial charge is 0.0991 e. The third-order valence-electron chi connectivity index (χ3n) is 9.78. The van der Waals surface area contributed by atoms with Crippen LogP contribution in [0.3, 0.4) is 0 Å². The number of para-hydroxylation sites is 1. The van der Waals surface area contributed by atoms with E-state index in [0.29, 0.717) is 5.56 Å². The molecule has 0 unspecified atom stereocenters. The molecule has 1 aliphatic carbocycles. The molecule has 0 radical (unpaired) electrons. The first-order chi connectivity index (χ1) is 23.3. The second kappa shape index (κ2) is 10.7. The minimum Gasteiger partial charge on any atom is -0.247 e. The fourth-order valence-electron chi connectivity index (χ4n) is 7.66. The van der Waals surface area contributed by atoms with Gasteiger partial charge in [-0.3, -0.25) is 0 Å². The van der Waals surface area contributed by atoms with Gasteiger partial charge in [-0.05, 0) is 80.2 Å². The lowest BCUT2D eigenvalue weighted by atomic mass is 9.67. The highest BCUT2D eigenvalue weighted by atomic mass is 14.7. The Labute approximate surface area is 273 Å². The van der Waals surface area contributed by atoms with Gasteiger partial charge >= 0.3 is 0 Å². The number of hydrogen-bond acceptors (Lipinski definition) is 2. The van der Waals surface area contributed by atoms with Crippen molar-refractivity contribution in [3.63, 3.8) is 0 Å². The third-order valence-corrected chi connectivity index (χ3v) is 9.78. The largest absolute Gasteiger partial charge is 0.247 e. The highest BCUT2D eigenvalue weighted by Gasteiger charge is 2.46. The Morgan fingerprint density at radius 1 is 0.447 bits per heavy atom. The fraction of sp³-hybridized carbons (Fsp3) is 0.0222. The van der Waals surface area contributed by atoms with Crippen molar-refractivity contribution in [2.24, 2.45) is 0 Å². The molecule has 0 aliphatic heterocycles. The lowest BCUT2D eigenvalue weighted by Crippen LogP contribution is -2.28. The maximum Gasteiger partial charge on any atom is 0.0991 e. The van der Waals surface area contributed by atoms with E-state index in [2.05, 4.69) is 152 Å². The number of rotatable bonds is 4. The quantitative estimate of drug-likeness (QED) is 0.190. The topological polar surface area (TPSA) is 36.7 Å². The summed E-state index contributed by atoms with van der Waals surface area (Å²) in [5.41, 5.74) is 13.0. The van der Waals surface area contributed by atoms with Crippen molar-refractivity contribution >= 4 is 21.7 Å².